The molecule has 1 aliphatic carbocycles. The van der Waals surface area contributed by atoms with Gasteiger partial charge in [0.1, 0.15) is 12.6 Å². The van der Waals surface area contributed by atoms with E-state index in [2.05, 4.69) is 17.4 Å². The van der Waals surface area contributed by atoms with Gasteiger partial charge in [0.2, 0.25) is 5.91 Å². The molecule has 0 bridgehead atoms. The van der Waals surface area contributed by atoms with Crippen molar-refractivity contribution in [3.63, 3.8) is 0 Å². The van der Waals surface area contributed by atoms with Crippen molar-refractivity contribution in [1.29, 1.82) is 0 Å². The van der Waals surface area contributed by atoms with Gasteiger partial charge in [0, 0.05) is 18.5 Å². The Kier molecular flexibility index (Phi) is 7.18. The highest BCUT2D eigenvalue weighted by molar-refractivity contribution is 5.85. The number of likely N-dealkylation sites (N-methyl/N-ethyl adjacent to an activating group) is 1. The molecule has 170 valence electrons. The number of benzene rings is 2. The van der Waals surface area contributed by atoms with Crippen LogP contribution < -0.4 is 5.32 Å². The van der Waals surface area contributed by atoms with Crippen molar-refractivity contribution in [2.75, 3.05) is 13.2 Å². The Hall–Kier alpha value is -3.35. The average Bonchev–Trinajstić information content (AvgIpc) is 3.11. The van der Waals surface area contributed by atoms with Crippen LogP contribution in [0.2, 0.25) is 0 Å². The number of carboxylic acids is 1. The van der Waals surface area contributed by atoms with E-state index in [0.29, 0.717) is 0 Å². The highest BCUT2D eigenvalue weighted by Crippen LogP contribution is 2.44. The molecule has 2 aromatic carbocycles. The summed E-state index contributed by atoms with van der Waals surface area (Å²) in [5, 5.41) is 12.0. The van der Waals surface area contributed by atoms with Crippen molar-refractivity contribution in [1.82, 2.24) is 10.2 Å². The lowest BCUT2D eigenvalue weighted by molar-refractivity contribution is -0.151. The second-order valence-corrected chi connectivity index (χ2v) is 8.19. The van der Waals surface area contributed by atoms with E-state index in [1.165, 1.54) is 11.8 Å². The third-order valence-corrected chi connectivity index (χ3v) is 6.28. The maximum atomic E-state index is 12.8. The maximum Gasteiger partial charge on any atom is 0.407 e. The molecule has 0 aliphatic heterocycles. The van der Waals surface area contributed by atoms with Crippen LogP contribution in [0.1, 0.15) is 44.7 Å². The number of alkyl carbamates (subject to hydrolysis) is 1. The predicted octanol–water partition coefficient (Wildman–Crippen LogP) is 3.87. The zero-order valence-electron chi connectivity index (χ0n) is 18.9. The third kappa shape index (κ3) is 4.61. The van der Waals surface area contributed by atoms with Crippen LogP contribution in [-0.2, 0) is 14.3 Å². The predicted molar refractivity (Wildman–Crippen MR) is 121 cm³/mol. The minimum atomic E-state index is -1.07. The van der Waals surface area contributed by atoms with Gasteiger partial charge in [0.25, 0.3) is 0 Å². The molecule has 2 N–H and O–H groups in total. The molecule has 2 amide bonds. The summed E-state index contributed by atoms with van der Waals surface area (Å²) in [7, 11) is 0. The van der Waals surface area contributed by atoms with Crippen molar-refractivity contribution in [2.45, 2.75) is 45.7 Å². The van der Waals surface area contributed by atoms with Gasteiger partial charge in [-0.3, -0.25) is 4.79 Å². The number of nitrogens with zero attached hydrogens (tertiary/aromatic N) is 1. The summed E-state index contributed by atoms with van der Waals surface area (Å²) in [6, 6.07) is 14.7. The zero-order chi connectivity index (χ0) is 23.4. The smallest absolute Gasteiger partial charge is 0.407 e. The lowest BCUT2D eigenvalue weighted by atomic mass is 9.98. The van der Waals surface area contributed by atoms with E-state index in [0.717, 1.165) is 22.3 Å². The number of ether oxygens (including phenoxy) is 1. The largest absolute Gasteiger partial charge is 0.480 e. The molecule has 0 aromatic heterocycles. The van der Waals surface area contributed by atoms with Gasteiger partial charge < -0.3 is 20.1 Å². The van der Waals surface area contributed by atoms with Crippen molar-refractivity contribution in [2.24, 2.45) is 5.92 Å². The zero-order valence-corrected chi connectivity index (χ0v) is 18.9. The first-order valence-corrected chi connectivity index (χ1v) is 10.9. The molecule has 0 saturated carbocycles. The Labute approximate surface area is 188 Å². The first-order valence-electron chi connectivity index (χ1n) is 10.9. The Morgan fingerprint density at radius 2 is 1.53 bits per heavy atom. The number of carbonyl (C=O) groups is 3. The first-order chi connectivity index (χ1) is 15.3. The maximum absolute atomic E-state index is 12.8. The van der Waals surface area contributed by atoms with Crippen LogP contribution in [0.5, 0.6) is 0 Å². The summed E-state index contributed by atoms with van der Waals surface area (Å²) in [6.07, 6.45) is -0.603. The molecule has 7 heteroatoms. The SMILES string of the molecule is CCN(C(=O)C(C)C(C)NC(=O)OCC1c2ccccc2-c2ccccc21)C(C)C(=O)O. The lowest BCUT2D eigenvalue weighted by Crippen LogP contribution is -2.50. The van der Waals surface area contributed by atoms with E-state index in [4.69, 9.17) is 4.74 Å². The Bertz CT molecular complexity index is 960. The minimum Gasteiger partial charge on any atom is -0.480 e. The van der Waals surface area contributed by atoms with Crippen LogP contribution >= 0.6 is 0 Å². The van der Waals surface area contributed by atoms with Crippen LogP contribution in [0.4, 0.5) is 4.79 Å². The molecule has 3 unspecified atom stereocenters. The number of hydrogen-bond acceptors (Lipinski definition) is 4. The normalized spacial score (nSPS) is 15.1. The van der Waals surface area contributed by atoms with Crippen molar-refractivity contribution >= 4 is 18.0 Å². The molecule has 1 aliphatic rings. The highest BCUT2D eigenvalue weighted by Gasteiger charge is 2.32. The lowest BCUT2D eigenvalue weighted by Gasteiger charge is -2.30. The Morgan fingerprint density at radius 1 is 1.00 bits per heavy atom. The number of aliphatic carboxylic acids is 1. The first kappa shape index (κ1) is 23.3. The van der Waals surface area contributed by atoms with Gasteiger partial charge in [-0.05, 0) is 43.0 Å². The minimum absolute atomic E-state index is 0.0467. The third-order valence-electron chi connectivity index (χ3n) is 6.28. The molecule has 7 nitrogen and oxygen atoms in total. The second-order valence-electron chi connectivity index (χ2n) is 8.19. The summed E-state index contributed by atoms with van der Waals surface area (Å²) in [6.45, 7) is 7.05. The molecule has 0 spiro atoms. The van der Waals surface area contributed by atoms with Crippen LogP contribution in [0.25, 0.3) is 11.1 Å². The van der Waals surface area contributed by atoms with E-state index in [1.54, 1.807) is 20.8 Å². The standard InChI is InChI=1S/C25H30N2O5/c1-5-27(17(4)24(29)30)23(28)15(2)16(3)26-25(31)32-14-22-20-12-8-6-10-18(20)19-11-7-9-13-21(19)22/h6-13,15-17,22H,5,14H2,1-4H3,(H,26,31)(H,29,30). The number of carboxylic acid groups (broad SMARTS) is 1. The van der Waals surface area contributed by atoms with E-state index in [-0.39, 0.29) is 25.0 Å². The molecular formula is C25H30N2O5. The van der Waals surface area contributed by atoms with Gasteiger partial charge in [-0.2, -0.15) is 0 Å². The summed E-state index contributed by atoms with van der Waals surface area (Å²) in [5.41, 5.74) is 4.55. The summed E-state index contributed by atoms with van der Waals surface area (Å²) < 4.78 is 5.54. The molecule has 0 fully saturated rings. The van der Waals surface area contributed by atoms with E-state index in [1.807, 2.05) is 36.4 Å². The monoisotopic (exact) mass is 438 g/mol. The number of nitrogens with one attached hydrogen (secondary N) is 1. The molecule has 2 aromatic rings. The second kappa shape index (κ2) is 9.85. The van der Waals surface area contributed by atoms with Gasteiger partial charge in [0.05, 0.1) is 5.92 Å². The van der Waals surface area contributed by atoms with Gasteiger partial charge in [-0.1, -0.05) is 55.5 Å². The molecule has 0 radical (unpaired) electrons. The molecule has 0 heterocycles. The van der Waals surface area contributed by atoms with Gasteiger partial charge in [-0.25, -0.2) is 9.59 Å². The van der Waals surface area contributed by atoms with E-state index in [9.17, 15) is 19.5 Å². The number of fused-ring (bicyclic) bond motifs is 3. The molecular weight excluding hydrogens is 408 g/mol. The molecule has 0 saturated heterocycles. The molecule has 3 rings (SSSR count). The van der Waals surface area contributed by atoms with Crippen molar-refractivity contribution in [3.8, 4) is 11.1 Å². The van der Waals surface area contributed by atoms with Crippen LogP contribution in [0.3, 0.4) is 0 Å². The van der Waals surface area contributed by atoms with Crippen molar-refractivity contribution < 1.29 is 24.2 Å². The fourth-order valence-corrected chi connectivity index (χ4v) is 4.18. The quantitative estimate of drug-likeness (QED) is 0.652. The van der Waals surface area contributed by atoms with Gasteiger partial charge in [0.15, 0.2) is 0 Å². The number of hydrogen-bond donors (Lipinski definition) is 2. The number of amides is 2. The molecule has 3 atom stereocenters. The Morgan fingerprint density at radius 3 is 2.03 bits per heavy atom. The van der Waals surface area contributed by atoms with Gasteiger partial charge in [-0.15, -0.1) is 0 Å². The highest BCUT2D eigenvalue weighted by atomic mass is 16.5. The fraction of sp³-hybridized carbons (Fsp3) is 0.400. The summed E-state index contributed by atoms with van der Waals surface area (Å²) in [5.74, 6) is -2.04. The fourth-order valence-electron chi connectivity index (χ4n) is 4.18. The number of carbonyl (C=O) groups excluding carboxylic acids is 2. The van der Waals surface area contributed by atoms with E-state index < -0.39 is 30.1 Å². The number of rotatable bonds is 8. The van der Waals surface area contributed by atoms with Gasteiger partial charge >= 0.3 is 12.1 Å². The van der Waals surface area contributed by atoms with Crippen LogP contribution in [0.15, 0.2) is 48.5 Å². The van der Waals surface area contributed by atoms with E-state index >= 15 is 0 Å². The van der Waals surface area contributed by atoms with Crippen LogP contribution in [-0.4, -0.2) is 53.2 Å². The Balaban J connectivity index is 1.61. The summed E-state index contributed by atoms with van der Waals surface area (Å²) in [4.78, 5) is 37.8. The van der Waals surface area contributed by atoms with Crippen LogP contribution in [0, 0.1) is 5.92 Å². The summed E-state index contributed by atoms with van der Waals surface area (Å²) >= 11 is 0. The average molecular weight is 439 g/mol. The molecule has 32 heavy (non-hydrogen) atoms. The topological polar surface area (TPSA) is 95.9 Å². The van der Waals surface area contributed by atoms with Crippen molar-refractivity contribution in [3.05, 3.63) is 59.7 Å².